The van der Waals surface area contributed by atoms with Crippen LogP contribution in [-0.4, -0.2) is 41.0 Å². The summed E-state index contributed by atoms with van der Waals surface area (Å²) in [7, 11) is 6.48. The SMILES string of the molecule is CCOC(=O)C(C)(C)C(NC)c1cc(OC)c(OC)c(OC)c1. The minimum atomic E-state index is -0.768. The van der Waals surface area contributed by atoms with E-state index < -0.39 is 5.41 Å². The number of carbonyl (C=O) groups is 1. The average molecular weight is 325 g/mol. The molecule has 0 aliphatic carbocycles. The molecule has 0 aromatic heterocycles. The van der Waals surface area contributed by atoms with Crippen LogP contribution in [-0.2, 0) is 9.53 Å². The summed E-state index contributed by atoms with van der Waals surface area (Å²) in [5.74, 6) is 1.33. The van der Waals surface area contributed by atoms with Crippen molar-refractivity contribution in [1.29, 1.82) is 0 Å². The topological polar surface area (TPSA) is 66.0 Å². The van der Waals surface area contributed by atoms with E-state index >= 15 is 0 Å². The van der Waals surface area contributed by atoms with Crippen LogP contribution in [0.3, 0.4) is 0 Å². The highest BCUT2D eigenvalue weighted by Gasteiger charge is 2.39. The number of esters is 1. The van der Waals surface area contributed by atoms with Crippen molar-refractivity contribution in [2.75, 3.05) is 35.0 Å². The number of ether oxygens (including phenoxy) is 4. The van der Waals surface area contributed by atoms with Crippen molar-refractivity contribution in [1.82, 2.24) is 5.32 Å². The van der Waals surface area contributed by atoms with Gasteiger partial charge in [0.15, 0.2) is 11.5 Å². The van der Waals surface area contributed by atoms with Gasteiger partial charge in [-0.25, -0.2) is 0 Å². The third kappa shape index (κ3) is 3.88. The van der Waals surface area contributed by atoms with Gasteiger partial charge in [-0.2, -0.15) is 0 Å². The Balaban J connectivity index is 3.38. The predicted octanol–water partition coefficient (Wildman–Crippen LogP) is 2.56. The van der Waals surface area contributed by atoms with Crippen LogP contribution in [0, 0.1) is 5.41 Å². The molecule has 0 aliphatic rings. The summed E-state index contributed by atoms with van der Waals surface area (Å²) in [6.07, 6.45) is 0. The fraction of sp³-hybridized carbons (Fsp3) is 0.588. The normalized spacial score (nSPS) is 12.5. The maximum Gasteiger partial charge on any atom is 0.313 e. The number of carbonyl (C=O) groups excluding carboxylic acids is 1. The molecule has 1 unspecified atom stereocenters. The molecule has 0 fully saturated rings. The quantitative estimate of drug-likeness (QED) is 0.741. The first-order valence-electron chi connectivity index (χ1n) is 7.51. The second-order valence-electron chi connectivity index (χ2n) is 5.62. The van der Waals surface area contributed by atoms with Crippen molar-refractivity contribution in [2.24, 2.45) is 5.41 Å². The van der Waals surface area contributed by atoms with Crippen LogP contribution in [0.1, 0.15) is 32.4 Å². The summed E-state index contributed by atoms with van der Waals surface area (Å²) in [6.45, 7) is 5.82. The number of rotatable bonds is 8. The highest BCUT2D eigenvalue weighted by atomic mass is 16.5. The second-order valence-corrected chi connectivity index (χ2v) is 5.62. The standard InChI is InChI=1S/C17H27NO5/c1-8-23-16(19)17(2,3)15(18-4)11-9-12(20-5)14(22-7)13(10-11)21-6/h9-10,15,18H,8H2,1-7H3. The molecule has 0 amide bonds. The van der Waals surface area contributed by atoms with E-state index in [0.717, 1.165) is 5.56 Å². The molecule has 0 radical (unpaired) electrons. The van der Waals surface area contributed by atoms with Gasteiger partial charge in [0, 0.05) is 6.04 Å². The van der Waals surface area contributed by atoms with Gasteiger partial charge >= 0.3 is 5.97 Å². The monoisotopic (exact) mass is 325 g/mol. The van der Waals surface area contributed by atoms with Gasteiger partial charge in [-0.3, -0.25) is 4.79 Å². The zero-order valence-corrected chi connectivity index (χ0v) is 15.0. The Kier molecular flexibility index (Phi) is 6.69. The summed E-state index contributed by atoms with van der Waals surface area (Å²) >= 11 is 0. The number of nitrogens with one attached hydrogen (secondary N) is 1. The Bertz CT molecular complexity index is 517. The van der Waals surface area contributed by atoms with Gasteiger partial charge < -0.3 is 24.3 Å². The highest BCUT2D eigenvalue weighted by Crippen LogP contribution is 2.43. The van der Waals surface area contributed by atoms with E-state index in [4.69, 9.17) is 18.9 Å². The third-order valence-electron chi connectivity index (χ3n) is 3.83. The molecule has 1 aromatic carbocycles. The summed E-state index contributed by atoms with van der Waals surface area (Å²) < 4.78 is 21.3. The van der Waals surface area contributed by atoms with Crippen molar-refractivity contribution in [3.63, 3.8) is 0 Å². The Morgan fingerprint density at radius 1 is 1.13 bits per heavy atom. The zero-order chi connectivity index (χ0) is 17.6. The lowest BCUT2D eigenvalue weighted by atomic mass is 9.80. The molecular weight excluding hydrogens is 298 g/mol. The Morgan fingerprint density at radius 3 is 2.00 bits per heavy atom. The van der Waals surface area contributed by atoms with Crippen LogP contribution in [0.25, 0.3) is 0 Å². The maximum absolute atomic E-state index is 12.3. The van der Waals surface area contributed by atoms with Crippen molar-refractivity contribution in [3.8, 4) is 17.2 Å². The van der Waals surface area contributed by atoms with Crippen LogP contribution in [0.4, 0.5) is 0 Å². The van der Waals surface area contributed by atoms with Gasteiger partial charge in [-0.15, -0.1) is 0 Å². The molecule has 0 bridgehead atoms. The molecule has 1 aromatic rings. The Morgan fingerprint density at radius 2 is 1.65 bits per heavy atom. The number of methoxy groups -OCH3 is 3. The summed E-state index contributed by atoms with van der Waals surface area (Å²) in [5, 5.41) is 3.19. The molecular formula is C17H27NO5. The first kappa shape index (κ1) is 19.1. The first-order chi connectivity index (χ1) is 10.9. The Labute approximate surface area is 138 Å². The molecule has 0 saturated heterocycles. The minimum Gasteiger partial charge on any atom is -0.493 e. The van der Waals surface area contributed by atoms with Crippen molar-refractivity contribution in [2.45, 2.75) is 26.8 Å². The van der Waals surface area contributed by atoms with E-state index in [0.29, 0.717) is 23.9 Å². The van der Waals surface area contributed by atoms with Crippen molar-refractivity contribution < 1.29 is 23.7 Å². The van der Waals surface area contributed by atoms with Crippen LogP contribution < -0.4 is 19.5 Å². The van der Waals surface area contributed by atoms with Crippen LogP contribution in [0.2, 0.25) is 0 Å². The molecule has 1 atom stereocenters. The zero-order valence-electron chi connectivity index (χ0n) is 15.0. The molecule has 0 saturated carbocycles. The third-order valence-corrected chi connectivity index (χ3v) is 3.83. The van der Waals surface area contributed by atoms with Crippen LogP contribution in [0.15, 0.2) is 12.1 Å². The van der Waals surface area contributed by atoms with Crippen molar-refractivity contribution in [3.05, 3.63) is 17.7 Å². The number of hydrogen-bond donors (Lipinski definition) is 1. The fourth-order valence-electron chi connectivity index (χ4n) is 2.65. The van der Waals surface area contributed by atoms with Crippen LogP contribution >= 0.6 is 0 Å². The van der Waals surface area contributed by atoms with Gasteiger partial charge in [0.05, 0.1) is 33.4 Å². The van der Waals surface area contributed by atoms with Gasteiger partial charge in [-0.1, -0.05) is 0 Å². The molecule has 0 aliphatic heterocycles. The van der Waals surface area contributed by atoms with E-state index in [9.17, 15) is 4.79 Å². The molecule has 23 heavy (non-hydrogen) atoms. The summed E-state index contributed by atoms with van der Waals surface area (Å²) in [5.41, 5.74) is 0.0788. The van der Waals surface area contributed by atoms with E-state index in [1.807, 2.05) is 26.0 Å². The van der Waals surface area contributed by atoms with E-state index in [1.54, 1.807) is 35.3 Å². The van der Waals surface area contributed by atoms with Gasteiger partial charge in [0.1, 0.15) is 0 Å². The van der Waals surface area contributed by atoms with Gasteiger partial charge in [0.2, 0.25) is 5.75 Å². The average Bonchev–Trinajstić information content (AvgIpc) is 2.54. The lowest BCUT2D eigenvalue weighted by molar-refractivity contribution is -0.155. The van der Waals surface area contributed by atoms with E-state index in [-0.39, 0.29) is 12.0 Å². The molecule has 1 N–H and O–H groups in total. The molecule has 130 valence electrons. The lowest BCUT2D eigenvalue weighted by Crippen LogP contribution is -2.39. The predicted molar refractivity (Wildman–Crippen MR) is 88.3 cm³/mol. The highest BCUT2D eigenvalue weighted by molar-refractivity contribution is 5.77. The van der Waals surface area contributed by atoms with E-state index in [2.05, 4.69) is 5.32 Å². The van der Waals surface area contributed by atoms with Crippen molar-refractivity contribution >= 4 is 5.97 Å². The lowest BCUT2D eigenvalue weighted by Gasteiger charge is -2.32. The molecule has 0 spiro atoms. The summed E-state index contributed by atoms with van der Waals surface area (Å²) in [6, 6.07) is 3.39. The molecule has 6 nitrogen and oxygen atoms in total. The maximum atomic E-state index is 12.3. The number of benzene rings is 1. The second kappa shape index (κ2) is 8.06. The Hall–Kier alpha value is -1.95. The minimum absolute atomic E-state index is 0.270. The molecule has 1 rings (SSSR count). The smallest absolute Gasteiger partial charge is 0.313 e. The van der Waals surface area contributed by atoms with Gasteiger partial charge in [-0.05, 0) is 45.5 Å². The van der Waals surface area contributed by atoms with Crippen LogP contribution in [0.5, 0.6) is 17.2 Å². The number of hydrogen-bond acceptors (Lipinski definition) is 6. The van der Waals surface area contributed by atoms with E-state index in [1.165, 1.54) is 0 Å². The molecule has 0 heterocycles. The largest absolute Gasteiger partial charge is 0.493 e. The summed E-state index contributed by atoms with van der Waals surface area (Å²) in [4.78, 5) is 12.3. The fourth-order valence-corrected chi connectivity index (χ4v) is 2.65. The molecule has 6 heteroatoms. The first-order valence-corrected chi connectivity index (χ1v) is 7.51. The van der Waals surface area contributed by atoms with Gasteiger partial charge in [0.25, 0.3) is 0 Å².